The van der Waals surface area contributed by atoms with Crippen LogP contribution < -0.4 is 22.1 Å². The Morgan fingerprint density at radius 2 is 2.03 bits per heavy atom. The van der Waals surface area contributed by atoms with Gasteiger partial charge in [0.2, 0.25) is 0 Å². The van der Waals surface area contributed by atoms with Crippen LogP contribution >= 0.6 is 11.3 Å². The minimum Gasteiger partial charge on any atom is -0.443 e. The molecular weight excluding hydrogens is 432 g/mol. The molecule has 0 aromatic carbocycles. The van der Waals surface area contributed by atoms with Crippen molar-refractivity contribution >= 4 is 27.6 Å². The van der Waals surface area contributed by atoms with Gasteiger partial charge >= 0.3 is 11.8 Å². The van der Waals surface area contributed by atoms with E-state index < -0.39 is 11.7 Å². The molecule has 0 spiro atoms. The molecule has 2 N–H and O–H groups in total. The third-order valence-electron chi connectivity index (χ3n) is 5.99. The summed E-state index contributed by atoms with van der Waals surface area (Å²) in [6.45, 7) is 10.8. The molecule has 1 saturated carbocycles. The first-order chi connectivity index (χ1) is 15.1. The summed E-state index contributed by atoms with van der Waals surface area (Å²) in [6.07, 6.45) is 2.15. The summed E-state index contributed by atoms with van der Waals surface area (Å²) in [5.74, 6) is 0.326. The number of nitrogens with one attached hydrogen (secondary N) is 2. The van der Waals surface area contributed by atoms with Crippen LogP contribution in [-0.2, 0) is 22.6 Å². The molecule has 1 aliphatic heterocycles. The largest absolute Gasteiger partial charge is 0.443 e. The van der Waals surface area contributed by atoms with Crippen LogP contribution in [0.3, 0.4) is 0 Å². The number of aryl methyl sites for hydroxylation is 1. The second-order valence-electron chi connectivity index (χ2n) is 9.79. The highest BCUT2D eigenvalue weighted by Gasteiger charge is 2.38. The number of ether oxygens (including phenoxy) is 2. The molecule has 2 aliphatic rings. The van der Waals surface area contributed by atoms with Crippen LogP contribution in [0.2, 0.25) is 0 Å². The number of hydrazine groups is 1. The molecule has 3 atom stereocenters. The van der Waals surface area contributed by atoms with Crippen LogP contribution in [0.5, 0.6) is 0 Å². The van der Waals surface area contributed by atoms with Crippen LogP contribution in [0.25, 0.3) is 10.2 Å². The number of thiophene rings is 1. The molecular formula is C22H32N4O5S. The van der Waals surface area contributed by atoms with Crippen LogP contribution in [0.4, 0.5) is 4.79 Å². The predicted molar refractivity (Wildman–Crippen MR) is 123 cm³/mol. The Kier molecular flexibility index (Phi) is 6.21. The first-order valence-corrected chi connectivity index (χ1v) is 12.0. The number of rotatable bonds is 6. The van der Waals surface area contributed by atoms with Gasteiger partial charge in [0.05, 0.1) is 18.0 Å². The molecule has 4 rings (SSSR count). The fourth-order valence-electron chi connectivity index (χ4n) is 4.19. The summed E-state index contributed by atoms with van der Waals surface area (Å²) in [4.78, 5) is 40.2. The SMILES string of the molecule is Cc1c(CNNC(=O)OC(C)(C)C)sc2c1c(=O)n([C@H]1C[C@@H]1C)c(=O)n2C[C@H]1CCCO1. The smallest absolute Gasteiger partial charge is 0.422 e. The number of fused-ring (bicyclic) bond motifs is 1. The van der Waals surface area contributed by atoms with Gasteiger partial charge in [-0.3, -0.25) is 19.4 Å². The van der Waals surface area contributed by atoms with Crippen LogP contribution in [-0.4, -0.2) is 33.5 Å². The Balaban J connectivity index is 1.66. The van der Waals surface area contributed by atoms with Gasteiger partial charge in [-0.1, -0.05) is 6.92 Å². The van der Waals surface area contributed by atoms with Crippen LogP contribution in [0.1, 0.15) is 63.4 Å². The molecule has 0 unspecified atom stereocenters. The van der Waals surface area contributed by atoms with E-state index in [4.69, 9.17) is 9.47 Å². The van der Waals surface area contributed by atoms with Gasteiger partial charge in [-0.2, -0.15) is 0 Å². The molecule has 2 aromatic rings. The van der Waals surface area contributed by atoms with Gasteiger partial charge in [0, 0.05) is 24.1 Å². The van der Waals surface area contributed by atoms with Crippen molar-refractivity contribution in [1.29, 1.82) is 0 Å². The van der Waals surface area contributed by atoms with Crippen molar-refractivity contribution in [3.8, 4) is 0 Å². The molecule has 0 radical (unpaired) electrons. The Morgan fingerprint density at radius 1 is 1.31 bits per heavy atom. The summed E-state index contributed by atoms with van der Waals surface area (Å²) in [5.41, 5.74) is 5.17. The number of aromatic nitrogens is 2. The van der Waals surface area contributed by atoms with Gasteiger partial charge in [0.1, 0.15) is 10.4 Å². The van der Waals surface area contributed by atoms with Crippen LogP contribution in [0.15, 0.2) is 9.59 Å². The number of nitrogens with zero attached hydrogens (tertiary/aromatic N) is 2. The van der Waals surface area contributed by atoms with Gasteiger partial charge in [-0.05, 0) is 58.4 Å². The first-order valence-electron chi connectivity index (χ1n) is 11.2. The third kappa shape index (κ3) is 4.62. The molecule has 176 valence electrons. The number of carbonyl (C=O) groups excluding carboxylic acids is 1. The number of hydrogen-bond acceptors (Lipinski definition) is 7. The van der Waals surface area contributed by atoms with Gasteiger partial charge in [-0.25, -0.2) is 15.0 Å². The Morgan fingerprint density at radius 3 is 2.62 bits per heavy atom. The van der Waals surface area contributed by atoms with Gasteiger partial charge in [-0.15, -0.1) is 11.3 Å². The monoisotopic (exact) mass is 464 g/mol. The topological polar surface area (TPSA) is 104 Å². The van der Waals surface area contributed by atoms with Gasteiger partial charge in [0.15, 0.2) is 0 Å². The van der Waals surface area contributed by atoms with E-state index in [0.29, 0.717) is 35.8 Å². The fraction of sp³-hybridized carbons (Fsp3) is 0.682. The van der Waals surface area contributed by atoms with Crippen molar-refractivity contribution in [2.45, 2.75) is 84.7 Å². The summed E-state index contributed by atoms with van der Waals surface area (Å²) in [5, 5.41) is 0.584. The van der Waals surface area contributed by atoms with Crippen molar-refractivity contribution in [3.05, 3.63) is 31.3 Å². The fourth-order valence-corrected chi connectivity index (χ4v) is 5.43. The van der Waals surface area contributed by atoms with E-state index in [1.807, 2.05) is 6.92 Å². The lowest BCUT2D eigenvalue weighted by Crippen LogP contribution is -2.41. The first kappa shape index (κ1) is 23.0. The van der Waals surface area contributed by atoms with Crippen molar-refractivity contribution in [1.82, 2.24) is 20.0 Å². The molecule has 3 heterocycles. The molecule has 2 fully saturated rings. The summed E-state index contributed by atoms with van der Waals surface area (Å²) in [7, 11) is 0. The maximum Gasteiger partial charge on any atom is 0.422 e. The summed E-state index contributed by atoms with van der Waals surface area (Å²) in [6, 6.07) is -0.0372. The minimum atomic E-state index is -0.595. The quantitative estimate of drug-likeness (QED) is 0.637. The molecule has 0 bridgehead atoms. The predicted octanol–water partition coefficient (Wildman–Crippen LogP) is 2.82. The molecule has 10 heteroatoms. The second kappa shape index (κ2) is 8.64. The lowest BCUT2D eigenvalue weighted by atomic mass is 10.2. The zero-order chi connectivity index (χ0) is 23.2. The molecule has 32 heavy (non-hydrogen) atoms. The van der Waals surface area contributed by atoms with E-state index in [0.717, 1.165) is 29.7 Å². The van der Waals surface area contributed by atoms with Crippen LogP contribution in [0, 0.1) is 12.8 Å². The van der Waals surface area contributed by atoms with Gasteiger partial charge < -0.3 is 9.47 Å². The van der Waals surface area contributed by atoms with Gasteiger partial charge in [0.25, 0.3) is 5.56 Å². The molecule has 1 saturated heterocycles. The molecule has 1 aliphatic carbocycles. The number of amides is 1. The number of hydrogen-bond donors (Lipinski definition) is 2. The average Bonchev–Trinajstić information content (AvgIpc) is 3.07. The average molecular weight is 465 g/mol. The number of carbonyl (C=O) groups is 1. The van der Waals surface area contributed by atoms with E-state index in [-0.39, 0.29) is 23.4 Å². The normalized spacial score (nSPS) is 23.0. The lowest BCUT2D eigenvalue weighted by Gasteiger charge is -2.19. The highest BCUT2D eigenvalue weighted by molar-refractivity contribution is 7.18. The standard InChI is InChI=1S/C22H32N4O5S/c1-12-9-15(12)26-18(27)17-13(2)16(10-23-24-20(28)31-22(3,4)5)32-19(17)25(21(26)29)11-14-7-6-8-30-14/h12,14-15,23H,6-11H2,1-5H3,(H,24,28)/t12-,14+,15-/m0/s1. The molecule has 2 aromatic heterocycles. The van der Waals surface area contributed by atoms with Crippen molar-refractivity contribution in [2.75, 3.05) is 6.61 Å². The second-order valence-corrected chi connectivity index (χ2v) is 10.9. The minimum absolute atomic E-state index is 0.0173. The summed E-state index contributed by atoms with van der Waals surface area (Å²) >= 11 is 1.41. The third-order valence-corrected chi connectivity index (χ3v) is 7.30. The molecule has 1 amide bonds. The Labute approximate surface area is 190 Å². The van der Waals surface area contributed by atoms with E-state index in [1.54, 1.807) is 25.3 Å². The van der Waals surface area contributed by atoms with E-state index in [9.17, 15) is 14.4 Å². The maximum absolute atomic E-state index is 13.4. The zero-order valence-corrected chi connectivity index (χ0v) is 20.1. The molecule has 9 nitrogen and oxygen atoms in total. The highest BCUT2D eigenvalue weighted by Crippen LogP contribution is 2.41. The summed E-state index contributed by atoms with van der Waals surface area (Å²) < 4.78 is 14.2. The Hall–Kier alpha value is -2.17. The van der Waals surface area contributed by atoms with E-state index in [2.05, 4.69) is 17.8 Å². The Bertz CT molecular complexity index is 1140. The highest BCUT2D eigenvalue weighted by atomic mass is 32.1. The van der Waals surface area contributed by atoms with E-state index in [1.165, 1.54) is 15.9 Å². The lowest BCUT2D eigenvalue weighted by molar-refractivity contribution is 0.0497. The zero-order valence-electron chi connectivity index (χ0n) is 19.3. The maximum atomic E-state index is 13.4. The van der Waals surface area contributed by atoms with E-state index >= 15 is 0 Å². The van der Waals surface area contributed by atoms with Crippen molar-refractivity contribution < 1.29 is 14.3 Å². The van der Waals surface area contributed by atoms with Crippen molar-refractivity contribution in [3.63, 3.8) is 0 Å². The van der Waals surface area contributed by atoms with Crippen molar-refractivity contribution in [2.24, 2.45) is 5.92 Å².